The third-order valence-corrected chi connectivity index (χ3v) is 5.02. The van der Waals surface area contributed by atoms with Crippen LogP contribution in [0.4, 0.5) is 0 Å². The number of carbonyl (C=O) groups excluding carboxylic acids is 1. The summed E-state index contributed by atoms with van der Waals surface area (Å²) in [4.78, 5) is 16.7. The van der Waals surface area contributed by atoms with Crippen molar-refractivity contribution < 1.29 is 9.53 Å². The minimum absolute atomic E-state index is 0.107. The Kier molecular flexibility index (Phi) is 5.29. The molecule has 8 heteroatoms. The van der Waals surface area contributed by atoms with E-state index < -0.39 is 0 Å². The van der Waals surface area contributed by atoms with Gasteiger partial charge < -0.3 is 10.1 Å². The number of nitrogens with zero attached hydrogens (tertiary/aromatic N) is 4. The molecule has 0 atom stereocenters. The Hall–Kier alpha value is -3.26. The largest absolute Gasteiger partial charge is 0.486 e. The van der Waals surface area contributed by atoms with Crippen molar-refractivity contribution in [1.82, 2.24) is 24.9 Å². The number of aryl methyl sites for hydroxylation is 1. The Morgan fingerprint density at radius 1 is 1.18 bits per heavy atom. The number of aromatic nitrogens is 4. The van der Waals surface area contributed by atoms with Gasteiger partial charge in [-0.1, -0.05) is 23.8 Å². The first-order valence-corrected chi connectivity index (χ1v) is 9.73. The lowest BCUT2D eigenvalue weighted by atomic mass is 10.2. The summed E-state index contributed by atoms with van der Waals surface area (Å²) in [5, 5.41) is 13.8. The fraction of sp³-hybridized carbons (Fsp3) is 0.200. The van der Waals surface area contributed by atoms with Gasteiger partial charge in [-0.2, -0.15) is 0 Å². The summed E-state index contributed by atoms with van der Waals surface area (Å²) in [5.41, 5.74) is 2.68. The molecule has 28 heavy (non-hydrogen) atoms. The molecule has 4 rings (SSSR count). The van der Waals surface area contributed by atoms with Crippen LogP contribution in [0.5, 0.6) is 5.75 Å². The van der Waals surface area contributed by atoms with Gasteiger partial charge in [0.1, 0.15) is 17.4 Å². The number of fused-ring (bicyclic) bond motifs is 1. The van der Waals surface area contributed by atoms with E-state index in [1.807, 2.05) is 65.4 Å². The van der Waals surface area contributed by atoms with Gasteiger partial charge in [-0.05, 0) is 31.2 Å². The molecule has 1 aromatic carbocycles. The van der Waals surface area contributed by atoms with Crippen molar-refractivity contribution in [3.8, 4) is 5.75 Å². The van der Waals surface area contributed by atoms with Crippen LogP contribution in [0.2, 0.25) is 0 Å². The van der Waals surface area contributed by atoms with E-state index in [0.29, 0.717) is 19.0 Å². The zero-order valence-corrected chi connectivity index (χ0v) is 16.1. The standard InChI is InChI=1S/C20H19N5O2S/c1-14-5-7-16(8-6-14)27-12-20-22-15(13-28-20)10-19(26)21-11-18-24-23-17-4-2-3-9-25(17)18/h2-9,13H,10-12H2,1H3,(H,21,26). The lowest BCUT2D eigenvalue weighted by Gasteiger charge is -2.04. The van der Waals surface area contributed by atoms with Gasteiger partial charge in [0, 0.05) is 11.6 Å². The molecule has 0 aliphatic carbocycles. The highest BCUT2D eigenvalue weighted by Gasteiger charge is 2.10. The third-order valence-electron chi connectivity index (χ3n) is 4.15. The number of rotatable bonds is 7. The van der Waals surface area contributed by atoms with Crippen molar-refractivity contribution >= 4 is 22.9 Å². The minimum Gasteiger partial charge on any atom is -0.486 e. The van der Waals surface area contributed by atoms with Crippen LogP contribution in [-0.4, -0.2) is 25.5 Å². The molecular weight excluding hydrogens is 374 g/mol. The first-order chi connectivity index (χ1) is 13.7. The number of benzene rings is 1. The second-order valence-electron chi connectivity index (χ2n) is 6.33. The second kappa shape index (κ2) is 8.18. The van der Waals surface area contributed by atoms with Crippen LogP contribution in [0.25, 0.3) is 5.65 Å². The summed E-state index contributed by atoms with van der Waals surface area (Å²) >= 11 is 1.49. The molecule has 1 N–H and O–H groups in total. The van der Waals surface area contributed by atoms with Gasteiger partial charge in [-0.3, -0.25) is 9.20 Å². The van der Waals surface area contributed by atoms with Gasteiger partial charge in [0.05, 0.1) is 18.7 Å². The van der Waals surface area contributed by atoms with Crippen molar-refractivity contribution in [1.29, 1.82) is 0 Å². The average Bonchev–Trinajstić information content (AvgIpc) is 3.33. The molecule has 1 amide bonds. The highest BCUT2D eigenvalue weighted by atomic mass is 32.1. The van der Waals surface area contributed by atoms with Crippen LogP contribution in [0.15, 0.2) is 54.0 Å². The predicted molar refractivity (Wildman–Crippen MR) is 106 cm³/mol. The molecule has 0 unspecified atom stereocenters. The Balaban J connectivity index is 1.28. The maximum atomic E-state index is 12.2. The molecule has 0 fully saturated rings. The topological polar surface area (TPSA) is 81.4 Å². The number of thiazole rings is 1. The number of carbonyl (C=O) groups is 1. The number of hydrogen-bond acceptors (Lipinski definition) is 6. The van der Waals surface area contributed by atoms with Gasteiger partial charge >= 0.3 is 0 Å². The van der Waals surface area contributed by atoms with Gasteiger partial charge in [-0.15, -0.1) is 21.5 Å². The van der Waals surface area contributed by atoms with Crippen molar-refractivity contribution in [2.45, 2.75) is 26.5 Å². The van der Waals surface area contributed by atoms with Crippen molar-refractivity contribution in [2.24, 2.45) is 0 Å². The van der Waals surface area contributed by atoms with E-state index >= 15 is 0 Å². The molecule has 0 bridgehead atoms. The lowest BCUT2D eigenvalue weighted by molar-refractivity contribution is -0.120. The molecule has 3 heterocycles. The van der Waals surface area contributed by atoms with Gasteiger partial charge in [0.25, 0.3) is 0 Å². The average molecular weight is 393 g/mol. The second-order valence-corrected chi connectivity index (χ2v) is 7.28. The predicted octanol–water partition coefficient (Wildman–Crippen LogP) is 2.93. The zero-order chi connectivity index (χ0) is 19.3. The Morgan fingerprint density at radius 3 is 2.89 bits per heavy atom. The van der Waals surface area contributed by atoms with Crippen LogP contribution < -0.4 is 10.1 Å². The molecule has 0 saturated heterocycles. The SMILES string of the molecule is Cc1ccc(OCc2nc(CC(=O)NCc3nnc4ccccn34)cs2)cc1. The first kappa shape index (κ1) is 18.1. The maximum Gasteiger partial charge on any atom is 0.226 e. The molecule has 0 aliphatic rings. The Bertz CT molecular complexity index is 1090. The molecule has 0 aliphatic heterocycles. The summed E-state index contributed by atoms with van der Waals surface area (Å²) in [5.74, 6) is 1.39. The Morgan fingerprint density at radius 2 is 2.04 bits per heavy atom. The van der Waals surface area contributed by atoms with Crippen LogP contribution in [0.1, 0.15) is 22.1 Å². The number of hydrogen-bond donors (Lipinski definition) is 1. The molecule has 142 valence electrons. The number of ether oxygens (including phenoxy) is 1. The van der Waals surface area contributed by atoms with E-state index in [2.05, 4.69) is 20.5 Å². The summed E-state index contributed by atoms with van der Waals surface area (Å²) in [7, 11) is 0. The highest BCUT2D eigenvalue weighted by molar-refractivity contribution is 7.09. The zero-order valence-electron chi connectivity index (χ0n) is 15.3. The Labute approximate surface area is 166 Å². The summed E-state index contributed by atoms with van der Waals surface area (Å²) in [6.45, 7) is 2.74. The third kappa shape index (κ3) is 4.34. The van der Waals surface area contributed by atoms with Crippen LogP contribution in [0.3, 0.4) is 0 Å². The highest BCUT2D eigenvalue weighted by Crippen LogP contribution is 2.16. The van der Waals surface area contributed by atoms with Crippen molar-refractivity contribution in [3.63, 3.8) is 0 Å². The van der Waals surface area contributed by atoms with Gasteiger partial charge in [0.15, 0.2) is 11.5 Å². The number of pyridine rings is 1. The number of nitrogens with one attached hydrogen (secondary N) is 1. The van der Waals surface area contributed by atoms with Crippen molar-refractivity contribution in [2.75, 3.05) is 0 Å². The smallest absolute Gasteiger partial charge is 0.226 e. The molecule has 0 saturated carbocycles. The quantitative estimate of drug-likeness (QED) is 0.522. The lowest BCUT2D eigenvalue weighted by Crippen LogP contribution is -2.25. The summed E-state index contributed by atoms with van der Waals surface area (Å²) in [6, 6.07) is 13.5. The van der Waals surface area contributed by atoms with E-state index in [1.165, 1.54) is 16.9 Å². The first-order valence-electron chi connectivity index (χ1n) is 8.85. The van der Waals surface area contributed by atoms with Crippen LogP contribution in [0, 0.1) is 6.92 Å². The van der Waals surface area contributed by atoms with Gasteiger partial charge in [-0.25, -0.2) is 4.98 Å². The number of amides is 1. The monoisotopic (exact) mass is 393 g/mol. The van der Waals surface area contributed by atoms with E-state index in [1.54, 1.807) is 0 Å². The normalized spacial score (nSPS) is 10.9. The van der Waals surface area contributed by atoms with E-state index in [0.717, 1.165) is 22.1 Å². The van der Waals surface area contributed by atoms with E-state index in [4.69, 9.17) is 4.74 Å². The molecule has 4 aromatic rings. The molecule has 7 nitrogen and oxygen atoms in total. The van der Waals surface area contributed by atoms with Crippen LogP contribution >= 0.6 is 11.3 Å². The van der Waals surface area contributed by atoms with Crippen molar-refractivity contribution in [3.05, 3.63) is 76.1 Å². The summed E-state index contributed by atoms with van der Waals surface area (Å²) in [6.07, 6.45) is 2.09. The maximum absolute atomic E-state index is 12.2. The minimum atomic E-state index is -0.107. The van der Waals surface area contributed by atoms with Crippen LogP contribution in [-0.2, 0) is 24.4 Å². The molecule has 3 aromatic heterocycles. The molecule has 0 radical (unpaired) electrons. The summed E-state index contributed by atoms with van der Waals surface area (Å²) < 4.78 is 7.58. The van der Waals surface area contributed by atoms with E-state index in [9.17, 15) is 4.79 Å². The van der Waals surface area contributed by atoms with Gasteiger partial charge in [0.2, 0.25) is 5.91 Å². The molecular formula is C20H19N5O2S. The fourth-order valence-corrected chi connectivity index (χ4v) is 3.40. The molecule has 0 spiro atoms. The van der Waals surface area contributed by atoms with E-state index in [-0.39, 0.29) is 12.3 Å². The fourth-order valence-electron chi connectivity index (χ4n) is 2.69.